The van der Waals surface area contributed by atoms with Crippen LogP contribution in [0.1, 0.15) is 12.8 Å². The average molecular weight is 265 g/mol. The summed E-state index contributed by atoms with van der Waals surface area (Å²) in [4.78, 5) is 13.9. The van der Waals surface area contributed by atoms with E-state index in [2.05, 4.69) is 22.6 Å². The van der Waals surface area contributed by atoms with Crippen LogP contribution in [-0.2, 0) is 4.79 Å². The van der Waals surface area contributed by atoms with Gasteiger partial charge in [-0.15, -0.1) is 0 Å². The van der Waals surface area contributed by atoms with Crippen LogP contribution in [0.2, 0.25) is 0 Å². The molecule has 5 heteroatoms. The smallest absolute Gasteiger partial charge is 0.238 e. The summed E-state index contributed by atoms with van der Waals surface area (Å²) in [5.41, 5.74) is 0.614. The molecule has 1 fully saturated rings. The van der Waals surface area contributed by atoms with Gasteiger partial charge in [0, 0.05) is 24.8 Å². The molecule has 2 N–H and O–H groups in total. The van der Waals surface area contributed by atoms with Gasteiger partial charge in [-0.3, -0.25) is 4.79 Å². The first-order chi connectivity index (χ1) is 9.15. The summed E-state index contributed by atoms with van der Waals surface area (Å²) in [5, 5.41) is 5.81. The molecule has 1 aliphatic rings. The molecule has 1 aliphatic carbocycles. The summed E-state index contributed by atoms with van der Waals surface area (Å²) < 4.78 is 12.7. The summed E-state index contributed by atoms with van der Waals surface area (Å²) in [5.74, 6) is -0.417. The first-order valence-corrected chi connectivity index (χ1v) is 6.61. The predicted molar refractivity (Wildman–Crippen MR) is 73.6 cm³/mol. The minimum absolute atomic E-state index is 0.110. The molecule has 1 aromatic rings. The van der Waals surface area contributed by atoms with Gasteiger partial charge in [-0.05, 0) is 44.2 Å². The number of anilines is 1. The Hall–Kier alpha value is -1.46. The second kappa shape index (κ2) is 6.63. The van der Waals surface area contributed by atoms with Gasteiger partial charge in [-0.25, -0.2) is 4.39 Å². The topological polar surface area (TPSA) is 44.4 Å². The van der Waals surface area contributed by atoms with Crippen LogP contribution in [0.15, 0.2) is 24.3 Å². The number of benzene rings is 1. The van der Waals surface area contributed by atoms with Crippen molar-refractivity contribution in [3.05, 3.63) is 30.1 Å². The maximum Gasteiger partial charge on any atom is 0.238 e. The molecule has 1 aromatic carbocycles. The monoisotopic (exact) mass is 265 g/mol. The molecule has 104 valence electrons. The Balaban J connectivity index is 1.60. The molecule has 1 amide bonds. The van der Waals surface area contributed by atoms with Crippen LogP contribution >= 0.6 is 0 Å². The van der Waals surface area contributed by atoms with E-state index >= 15 is 0 Å². The Morgan fingerprint density at radius 1 is 1.37 bits per heavy atom. The van der Waals surface area contributed by atoms with E-state index in [4.69, 9.17) is 0 Å². The maximum atomic E-state index is 12.7. The Labute approximate surface area is 113 Å². The number of amides is 1. The molecule has 0 saturated heterocycles. The molecule has 0 heterocycles. The minimum Gasteiger partial charge on any atom is -0.325 e. The number of rotatable bonds is 7. The van der Waals surface area contributed by atoms with Crippen LogP contribution in [-0.4, -0.2) is 43.5 Å². The number of likely N-dealkylation sites (N-methyl/N-ethyl adjacent to an activating group) is 1. The van der Waals surface area contributed by atoms with Gasteiger partial charge in [0.2, 0.25) is 5.91 Å². The van der Waals surface area contributed by atoms with Crippen LogP contribution < -0.4 is 10.6 Å². The molecular weight excluding hydrogens is 245 g/mol. The van der Waals surface area contributed by atoms with Crippen molar-refractivity contribution in [3.8, 4) is 0 Å². The van der Waals surface area contributed by atoms with Crippen molar-refractivity contribution in [2.45, 2.75) is 18.9 Å². The van der Waals surface area contributed by atoms with Crippen molar-refractivity contribution in [1.29, 1.82) is 0 Å². The van der Waals surface area contributed by atoms with E-state index in [9.17, 15) is 9.18 Å². The molecule has 2 rings (SSSR count). The van der Waals surface area contributed by atoms with E-state index in [1.165, 1.54) is 25.0 Å². The van der Waals surface area contributed by atoms with Crippen LogP contribution in [0, 0.1) is 5.82 Å². The third-order valence-corrected chi connectivity index (χ3v) is 3.23. The Kier molecular flexibility index (Phi) is 4.87. The molecule has 0 radical (unpaired) electrons. The first-order valence-electron chi connectivity index (χ1n) is 6.61. The van der Waals surface area contributed by atoms with E-state index in [-0.39, 0.29) is 18.3 Å². The molecular formula is C14H20FN3O. The zero-order valence-corrected chi connectivity index (χ0v) is 11.2. The number of carbonyl (C=O) groups excluding carboxylic acids is 1. The lowest BCUT2D eigenvalue weighted by atomic mass is 10.3. The van der Waals surface area contributed by atoms with E-state index in [1.54, 1.807) is 12.1 Å². The van der Waals surface area contributed by atoms with Gasteiger partial charge in [-0.2, -0.15) is 0 Å². The van der Waals surface area contributed by atoms with Gasteiger partial charge in [0.1, 0.15) is 5.82 Å². The molecule has 4 nitrogen and oxygen atoms in total. The number of halogens is 1. The van der Waals surface area contributed by atoms with E-state index in [0.717, 1.165) is 19.1 Å². The van der Waals surface area contributed by atoms with Crippen LogP contribution in [0.25, 0.3) is 0 Å². The lowest BCUT2D eigenvalue weighted by molar-refractivity contribution is -0.115. The lowest BCUT2D eigenvalue weighted by Crippen LogP contribution is -2.35. The summed E-state index contributed by atoms with van der Waals surface area (Å²) >= 11 is 0. The zero-order chi connectivity index (χ0) is 13.7. The van der Waals surface area contributed by atoms with Gasteiger partial charge in [-0.1, -0.05) is 0 Å². The van der Waals surface area contributed by atoms with Gasteiger partial charge in [0.25, 0.3) is 0 Å². The summed E-state index contributed by atoms with van der Waals surface area (Å²) in [6.45, 7) is 2.02. The largest absolute Gasteiger partial charge is 0.325 e. The minimum atomic E-state index is -0.306. The highest BCUT2D eigenvalue weighted by Gasteiger charge is 2.25. The lowest BCUT2D eigenvalue weighted by Gasteiger charge is -2.15. The number of carbonyl (C=O) groups is 1. The van der Waals surface area contributed by atoms with Crippen molar-refractivity contribution >= 4 is 11.6 Å². The predicted octanol–water partition coefficient (Wildman–Crippen LogP) is 1.45. The zero-order valence-electron chi connectivity index (χ0n) is 11.2. The fourth-order valence-electron chi connectivity index (χ4n) is 1.89. The summed E-state index contributed by atoms with van der Waals surface area (Å²) in [6.07, 6.45) is 2.59. The molecule has 0 aromatic heterocycles. The van der Waals surface area contributed by atoms with Crippen molar-refractivity contribution in [3.63, 3.8) is 0 Å². The summed E-state index contributed by atoms with van der Waals surface area (Å²) in [7, 11) is 2.11. The van der Waals surface area contributed by atoms with E-state index < -0.39 is 0 Å². The highest BCUT2D eigenvalue weighted by atomic mass is 19.1. The maximum absolute atomic E-state index is 12.7. The molecule has 0 spiro atoms. The second-order valence-corrected chi connectivity index (χ2v) is 4.94. The molecule has 0 aliphatic heterocycles. The normalized spacial score (nSPS) is 14.7. The highest BCUT2D eigenvalue weighted by molar-refractivity contribution is 5.92. The van der Waals surface area contributed by atoms with E-state index in [0.29, 0.717) is 5.69 Å². The third-order valence-electron chi connectivity index (χ3n) is 3.23. The molecule has 0 bridgehead atoms. The van der Waals surface area contributed by atoms with Crippen LogP contribution in [0.4, 0.5) is 10.1 Å². The SMILES string of the molecule is CN(CCNCC(=O)Nc1ccc(F)cc1)C1CC1. The molecule has 19 heavy (non-hydrogen) atoms. The van der Waals surface area contributed by atoms with Crippen LogP contribution in [0.3, 0.4) is 0 Å². The standard InChI is InChI=1S/C14H20FN3O/c1-18(13-6-7-13)9-8-16-10-14(19)17-12-4-2-11(15)3-5-12/h2-5,13,16H,6-10H2,1H3,(H,17,19). The fraction of sp³-hybridized carbons (Fsp3) is 0.500. The average Bonchev–Trinajstić information content (AvgIpc) is 3.21. The summed E-state index contributed by atoms with van der Waals surface area (Å²) in [6, 6.07) is 6.50. The molecule has 1 saturated carbocycles. The number of nitrogens with zero attached hydrogens (tertiary/aromatic N) is 1. The number of hydrogen-bond donors (Lipinski definition) is 2. The Morgan fingerprint density at radius 3 is 2.68 bits per heavy atom. The van der Waals surface area contributed by atoms with Crippen molar-refractivity contribution in [2.24, 2.45) is 0 Å². The number of nitrogens with one attached hydrogen (secondary N) is 2. The fourth-order valence-corrected chi connectivity index (χ4v) is 1.89. The first kappa shape index (κ1) is 14.0. The van der Waals surface area contributed by atoms with Gasteiger partial charge < -0.3 is 15.5 Å². The van der Waals surface area contributed by atoms with E-state index in [1.807, 2.05) is 0 Å². The third kappa shape index (κ3) is 4.96. The molecule has 0 unspecified atom stereocenters. The Morgan fingerprint density at radius 2 is 2.05 bits per heavy atom. The quantitative estimate of drug-likeness (QED) is 0.733. The van der Waals surface area contributed by atoms with Gasteiger partial charge >= 0.3 is 0 Å². The van der Waals surface area contributed by atoms with Crippen molar-refractivity contribution in [2.75, 3.05) is 32.0 Å². The molecule has 0 atom stereocenters. The van der Waals surface area contributed by atoms with Crippen molar-refractivity contribution < 1.29 is 9.18 Å². The van der Waals surface area contributed by atoms with Crippen LogP contribution in [0.5, 0.6) is 0 Å². The Bertz CT molecular complexity index is 417. The highest BCUT2D eigenvalue weighted by Crippen LogP contribution is 2.24. The van der Waals surface area contributed by atoms with Crippen molar-refractivity contribution in [1.82, 2.24) is 10.2 Å². The number of hydrogen-bond acceptors (Lipinski definition) is 3. The van der Waals surface area contributed by atoms with Gasteiger partial charge in [0.15, 0.2) is 0 Å². The van der Waals surface area contributed by atoms with Gasteiger partial charge in [0.05, 0.1) is 6.54 Å². The second-order valence-electron chi connectivity index (χ2n) is 4.94.